The zero-order valence-corrected chi connectivity index (χ0v) is 7.42. The quantitative estimate of drug-likeness (QED) is 0.674. The maximum atomic E-state index is 4.26. The van der Waals surface area contributed by atoms with E-state index in [0.29, 0.717) is 0 Å². The molecular formula is C7H14N4. The first-order chi connectivity index (χ1) is 5.15. The second-order valence-electron chi connectivity index (χ2n) is 2.66. The van der Waals surface area contributed by atoms with Crippen LogP contribution in [0.25, 0.3) is 0 Å². The Hall–Kier alpha value is -1.19. The van der Waals surface area contributed by atoms with Gasteiger partial charge < -0.3 is 10.2 Å². The van der Waals surface area contributed by atoms with Gasteiger partial charge in [0.05, 0.1) is 0 Å². The Kier molecular flexibility index (Phi) is 2.03. The van der Waals surface area contributed by atoms with E-state index in [9.17, 15) is 0 Å². The predicted octanol–water partition coefficient (Wildman–Crippen LogP) is 0.528. The lowest BCUT2D eigenvalue weighted by molar-refractivity contribution is 0.769. The minimum absolute atomic E-state index is 0.969. The topological polar surface area (TPSA) is 33.1 Å². The molecule has 0 radical (unpaired) electrons. The van der Waals surface area contributed by atoms with Gasteiger partial charge in [-0.15, -0.1) is 0 Å². The first kappa shape index (κ1) is 7.91. The minimum Gasteiger partial charge on any atom is -0.373 e. The van der Waals surface area contributed by atoms with Gasteiger partial charge in [0.2, 0.25) is 0 Å². The molecule has 4 heteroatoms. The van der Waals surface area contributed by atoms with E-state index in [1.54, 1.807) is 0 Å². The zero-order valence-electron chi connectivity index (χ0n) is 7.42. The van der Waals surface area contributed by atoms with Crippen molar-refractivity contribution < 1.29 is 0 Å². The second-order valence-corrected chi connectivity index (χ2v) is 2.66. The first-order valence-electron chi connectivity index (χ1n) is 3.54. The average Bonchev–Trinajstić information content (AvgIpc) is 2.31. The summed E-state index contributed by atoms with van der Waals surface area (Å²) in [5, 5.41) is 7.31. The SMILES string of the molecule is CNc1cc(N(C)C)nn1C. The first-order valence-corrected chi connectivity index (χ1v) is 3.54. The summed E-state index contributed by atoms with van der Waals surface area (Å²) in [5.74, 6) is 1.99. The highest BCUT2D eigenvalue weighted by atomic mass is 15.4. The monoisotopic (exact) mass is 154 g/mol. The largest absolute Gasteiger partial charge is 0.373 e. The van der Waals surface area contributed by atoms with Crippen LogP contribution in [0.15, 0.2) is 6.07 Å². The van der Waals surface area contributed by atoms with Gasteiger partial charge in [0.25, 0.3) is 0 Å². The molecule has 1 aromatic rings. The third kappa shape index (κ3) is 1.45. The van der Waals surface area contributed by atoms with E-state index in [-0.39, 0.29) is 0 Å². The second kappa shape index (κ2) is 2.82. The summed E-state index contributed by atoms with van der Waals surface area (Å²) in [7, 11) is 7.75. The van der Waals surface area contributed by atoms with Crippen molar-refractivity contribution >= 4 is 11.6 Å². The number of aromatic nitrogens is 2. The molecular weight excluding hydrogens is 140 g/mol. The molecule has 0 spiro atoms. The lowest BCUT2D eigenvalue weighted by atomic mass is 10.5. The summed E-state index contributed by atoms with van der Waals surface area (Å²) in [4.78, 5) is 1.97. The van der Waals surface area contributed by atoms with Crippen LogP contribution in [-0.2, 0) is 7.05 Å². The van der Waals surface area contributed by atoms with Gasteiger partial charge in [-0.2, -0.15) is 5.10 Å². The Labute approximate surface area is 66.8 Å². The van der Waals surface area contributed by atoms with E-state index in [1.807, 2.05) is 43.8 Å². The summed E-state index contributed by atoms with van der Waals surface area (Å²) in [6.45, 7) is 0. The Balaban J connectivity index is 2.95. The normalized spacial score (nSPS) is 9.82. The highest BCUT2D eigenvalue weighted by Gasteiger charge is 2.03. The van der Waals surface area contributed by atoms with Crippen LogP contribution in [0.3, 0.4) is 0 Å². The molecule has 62 valence electrons. The van der Waals surface area contributed by atoms with Crippen LogP contribution in [0.2, 0.25) is 0 Å². The lowest BCUT2D eigenvalue weighted by Gasteiger charge is -2.05. The molecule has 4 nitrogen and oxygen atoms in total. The number of hydrogen-bond donors (Lipinski definition) is 1. The molecule has 0 fully saturated rings. The average molecular weight is 154 g/mol. The van der Waals surface area contributed by atoms with Gasteiger partial charge in [-0.25, -0.2) is 0 Å². The molecule has 1 aromatic heterocycles. The van der Waals surface area contributed by atoms with E-state index in [4.69, 9.17) is 0 Å². The third-order valence-corrected chi connectivity index (χ3v) is 1.58. The van der Waals surface area contributed by atoms with Crippen molar-refractivity contribution in [3.63, 3.8) is 0 Å². The number of anilines is 2. The molecule has 1 rings (SSSR count). The maximum absolute atomic E-state index is 4.26. The Morgan fingerprint density at radius 1 is 1.55 bits per heavy atom. The molecule has 1 N–H and O–H groups in total. The van der Waals surface area contributed by atoms with Gasteiger partial charge in [-0.05, 0) is 0 Å². The van der Waals surface area contributed by atoms with Crippen molar-refractivity contribution in [1.29, 1.82) is 0 Å². The van der Waals surface area contributed by atoms with Crippen molar-refractivity contribution in [1.82, 2.24) is 9.78 Å². The zero-order chi connectivity index (χ0) is 8.43. The van der Waals surface area contributed by atoms with Crippen LogP contribution < -0.4 is 10.2 Å². The molecule has 0 aliphatic rings. The van der Waals surface area contributed by atoms with Gasteiger partial charge in [0.1, 0.15) is 5.82 Å². The fourth-order valence-corrected chi connectivity index (χ4v) is 0.905. The number of nitrogens with one attached hydrogen (secondary N) is 1. The fraction of sp³-hybridized carbons (Fsp3) is 0.571. The molecule has 0 aromatic carbocycles. The Morgan fingerprint density at radius 3 is 2.45 bits per heavy atom. The predicted molar refractivity (Wildman–Crippen MR) is 47.1 cm³/mol. The summed E-state index contributed by atoms with van der Waals surface area (Å²) < 4.78 is 1.81. The maximum Gasteiger partial charge on any atom is 0.152 e. The van der Waals surface area contributed by atoms with Gasteiger partial charge in [0, 0.05) is 34.3 Å². The van der Waals surface area contributed by atoms with Crippen LogP contribution in [-0.4, -0.2) is 30.9 Å². The highest BCUT2D eigenvalue weighted by Crippen LogP contribution is 2.14. The number of rotatable bonds is 2. The van der Waals surface area contributed by atoms with E-state index < -0.39 is 0 Å². The third-order valence-electron chi connectivity index (χ3n) is 1.58. The summed E-state index contributed by atoms with van der Waals surface area (Å²) in [6.07, 6.45) is 0. The lowest BCUT2D eigenvalue weighted by Crippen LogP contribution is -2.09. The van der Waals surface area contributed by atoms with E-state index in [0.717, 1.165) is 11.6 Å². The van der Waals surface area contributed by atoms with E-state index in [1.165, 1.54) is 0 Å². The number of nitrogens with zero attached hydrogens (tertiary/aromatic N) is 3. The minimum atomic E-state index is 0.969. The molecule has 0 atom stereocenters. The van der Waals surface area contributed by atoms with Gasteiger partial charge in [0.15, 0.2) is 5.82 Å². The van der Waals surface area contributed by atoms with Crippen molar-refractivity contribution in [2.45, 2.75) is 0 Å². The van der Waals surface area contributed by atoms with Crippen molar-refractivity contribution in [3.05, 3.63) is 6.07 Å². The van der Waals surface area contributed by atoms with Crippen LogP contribution in [0.5, 0.6) is 0 Å². The molecule has 0 unspecified atom stereocenters. The van der Waals surface area contributed by atoms with Crippen molar-refractivity contribution in [2.24, 2.45) is 7.05 Å². The van der Waals surface area contributed by atoms with Crippen LogP contribution in [0, 0.1) is 0 Å². The number of aryl methyl sites for hydroxylation is 1. The highest BCUT2D eigenvalue weighted by molar-refractivity contribution is 5.48. The van der Waals surface area contributed by atoms with Crippen molar-refractivity contribution in [3.8, 4) is 0 Å². The molecule has 0 amide bonds. The molecule has 1 heterocycles. The van der Waals surface area contributed by atoms with Gasteiger partial charge in [-0.3, -0.25) is 4.68 Å². The van der Waals surface area contributed by atoms with Crippen molar-refractivity contribution in [2.75, 3.05) is 31.4 Å². The standard InChI is InChI=1S/C7H14N4/c1-8-6-5-7(10(2)3)9-11(6)4/h5,8H,1-4H3. The number of hydrogen-bond acceptors (Lipinski definition) is 3. The van der Waals surface area contributed by atoms with E-state index >= 15 is 0 Å². The van der Waals surface area contributed by atoms with Gasteiger partial charge in [-0.1, -0.05) is 0 Å². The smallest absolute Gasteiger partial charge is 0.152 e. The summed E-state index contributed by atoms with van der Waals surface area (Å²) in [5.41, 5.74) is 0. The van der Waals surface area contributed by atoms with Crippen LogP contribution >= 0.6 is 0 Å². The van der Waals surface area contributed by atoms with Crippen LogP contribution in [0.1, 0.15) is 0 Å². The molecule has 0 aliphatic carbocycles. The Morgan fingerprint density at radius 2 is 2.18 bits per heavy atom. The van der Waals surface area contributed by atoms with E-state index in [2.05, 4.69) is 10.4 Å². The molecule has 0 aliphatic heterocycles. The molecule has 11 heavy (non-hydrogen) atoms. The van der Waals surface area contributed by atoms with Crippen LogP contribution in [0.4, 0.5) is 11.6 Å². The van der Waals surface area contributed by atoms with Gasteiger partial charge >= 0.3 is 0 Å². The molecule has 0 saturated carbocycles. The molecule has 0 bridgehead atoms. The summed E-state index contributed by atoms with van der Waals surface area (Å²) >= 11 is 0. The Bertz CT molecular complexity index is 239. The fourth-order valence-electron chi connectivity index (χ4n) is 0.905. The summed E-state index contributed by atoms with van der Waals surface area (Å²) in [6, 6.07) is 2.00. The molecule has 0 saturated heterocycles.